The molecule has 1 aliphatic heterocycles. The highest BCUT2D eigenvalue weighted by atomic mass is 79.9. The summed E-state index contributed by atoms with van der Waals surface area (Å²) in [5.74, 6) is -0.964. The van der Waals surface area contributed by atoms with Gasteiger partial charge in [0.25, 0.3) is 0 Å². The van der Waals surface area contributed by atoms with E-state index >= 15 is 0 Å². The largest absolute Gasteiger partial charge is 0.381 e. The Morgan fingerprint density at radius 2 is 1.84 bits per heavy atom. The monoisotopic (exact) mass is 425 g/mol. The second-order valence-electron chi connectivity index (χ2n) is 8.31. The van der Waals surface area contributed by atoms with Crippen LogP contribution in [-0.2, 0) is 14.3 Å². The zero-order valence-electron chi connectivity index (χ0n) is 15.7. The number of hydrogen-bond donors (Lipinski definition) is 1. The molecule has 138 valence electrons. The van der Waals surface area contributed by atoms with Crippen LogP contribution in [0.3, 0.4) is 0 Å². The maximum Gasteiger partial charge on any atom is 0.234 e. The normalized spacial score (nSPS) is 25.1. The molecule has 1 saturated heterocycles. The molecule has 3 atom stereocenters. The second-order valence-corrected chi connectivity index (χ2v) is 14.8. The molecule has 0 bridgehead atoms. The van der Waals surface area contributed by atoms with Crippen molar-refractivity contribution in [3.8, 4) is 0 Å². The highest BCUT2D eigenvalue weighted by Crippen LogP contribution is 2.45. The molecule has 0 unspecified atom stereocenters. The van der Waals surface area contributed by atoms with Crippen molar-refractivity contribution < 1.29 is 14.3 Å². The van der Waals surface area contributed by atoms with Crippen LogP contribution in [0, 0.1) is 11.3 Å². The van der Waals surface area contributed by atoms with Crippen molar-refractivity contribution in [3.63, 3.8) is 0 Å². The molecule has 0 spiro atoms. The summed E-state index contributed by atoms with van der Waals surface area (Å²) < 4.78 is 6.82. The Morgan fingerprint density at radius 1 is 1.24 bits per heavy atom. The predicted molar refractivity (Wildman–Crippen MR) is 106 cm³/mol. The molecule has 4 nitrogen and oxygen atoms in total. The summed E-state index contributed by atoms with van der Waals surface area (Å²) in [6, 6.07) is 8.97. The van der Waals surface area contributed by atoms with Crippen molar-refractivity contribution in [1.29, 1.82) is 0 Å². The first kappa shape index (κ1) is 20.3. The van der Waals surface area contributed by atoms with E-state index in [1.165, 1.54) is 0 Å². The molecule has 2 amide bonds. The standard InChI is InChI=1S/C19H28BrNO3Si/c1-13(14-6-8-15(20)9-7-14)19(2)16(17(22)21-18(19)23)12-24-10-11-25(3,4)5/h6-9,13,16H,10-12H2,1-5H3,(H,21,22,23)/t13-,16+,19-/m1/s1. The molecule has 0 aromatic heterocycles. The Hall–Kier alpha value is -0.983. The van der Waals surface area contributed by atoms with Gasteiger partial charge in [-0.25, -0.2) is 0 Å². The quantitative estimate of drug-likeness (QED) is 0.404. The molecule has 25 heavy (non-hydrogen) atoms. The fourth-order valence-corrected chi connectivity index (χ4v) is 4.21. The van der Waals surface area contributed by atoms with Gasteiger partial charge in [0, 0.05) is 19.2 Å². The number of rotatable bonds is 7. The molecule has 0 aliphatic carbocycles. The molecule has 1 aliphatic rings. The molecule has 1 heterocycles. The van der Waals surface area contributed by atoms with Crippen molar-refractivity contribution in [2.45, 2.75) is 45.5 Å². The number of carbonyl (C=O) groups excluding carboxylic acids is 2. The van der Waals surface area contributed by atoms with E-state index in [-0.39, 0.29) is 17.7 Å². The molecule has 6 heteroatoms. The Bertz CT molecular complexity index is 641. The zero-order valence-corrected chi connectivity index (χ0v) is 18.3. The van der Waals surface area contributed by atoms with Gasteiger partial charge in [-0.05, 0) is 36.6 Å². The van der Waals surface area contributed by atoms with E-state index in [4.69, 9.17) is 4.74 Å². The minimum absolute atomic E-state index is 0.0855. The fourth-order valence-electron chi connectivity index (χ4n) is 3.19. The third-order valence-corrected chi connectivity index (χ3v) is 7.55. The van der Waals surface area contributed by atoms with Crippen molar-refractivity contribution in [2.75, 3.05) is 13.2 Å². The first-order valence-electron chi connectivity index (χ1n) is 8.74. The van der Waals surface area contributed by atoms with Gasteiger partial charge in [-0.15, -0.1) is 0 Å². The zero-order chi connectivity index (χ0) is 18.8. The lowest BCUT2D eigenvalue weighted by molar-refractivity contribution is -0.130. The van der Waals surface area contributed by atoms with Crippen LogP contribution in [0.4, 0.5) is 0 Å². The van der Waals surface area contributed by atoms with Gasteiger partial charge in [-0.2, -0.15) is 0 Å². The minimum atomic E-state index is -1.18. The third-order valence-electron chi connectivity index (χ3n) is 5.32. The van der Waals surface area contributed by atoms with Gasteiger partial charge in [0.2, 0.25) is 11.8 Å². The van der Waals surface area contributed by atoms with E-state index in [0.717, 1.165) is 16.1 Å². The number of imide groups is 1. The average Bonchev–Trinajstić information content (AvgIpc) is 2.74. The maximum absolute atomic E-state index is 12.6. The Labute approximate surface area is 159 Å². The number of carbonyl (C=O) groups is 2. The summed E-state index contributed by atoms with van der Waals surface area (Å²) in [5, 5.41) is 2.52. The second kappa shape index (κ2) is 7.72. The van der Waals surface area contributed by atoms with Crippen molar-refractivity contribution in [3.05, 3.63) is 34.3 Å². The summed E-state index contributed by atoms with van der Waals surface area (Å²) in [6.07, 6.45) is 0. The van der Waals surface area contributed by atoms with E-state index in [0.29, 0.717) is 13.2 Å². The number of benzene rings is 1. The number of ether oxygens (including phenoxy) is 1. The molecule has 1 aromatic carbocycles. The lowest BCUT2D eigenvalue weighted by atomic mass is 9.67. The molecular formula is C19H28BrNO3Si. The van der Waals surface area contributed by atoms with Gasteiger partial charge in [-0.1, -0.05) is 54.6 Å². The summed E-state index contributed by atoms with van der Waals surface area (Å²) in [7, 11) is -1.18. The van der Waals surface area contributed by atoms with Gasteiger partial charge in [0.1, 0.15) is 0 Å². The molecule has 0 radical (unpaired) electrons. The van der Waals surface area contributed by atoms with Crippen LogP contribution in [-0.4, -0.2) is 33.1 Å². The van der Waals surface area contributed by atoms with E-state index in [2.05, 4.69) is 40.9 Å². The van der Waals surface area contributed by atoms with Gasteiger partial charge >= 0.3 is 0 Å². The van der Waals surface area contributed by atoms with Crippen LogP contribution < -0.4 is 5.32 Å². The van der Waals surface area contributed by atoms with Crippen LogP contribution in [0.25, 0.3) is 0 Å². The van der Waals surface area contributed by atoms with E-state index in [1.807, 2.05) is 38.1 Å². The first-order chi connectivity index (χ1) is 11.6. The first-order valence-corrected chi connectivity index (χ1v) is 13.2. The van der Waals surface area contributed by atoms with Crippen LogP contribution in [0.5, 0.6) is 0 Å². The minimum Gasteiger partial charge on any atom is -0.381 e. The lowest BCUT2D eigenvalue weighted by Crippen LogP contribution is -2.39. The highest BCUT2D eigenvalue weighted by Gasteiger charge is 2.55. The number of halogens is 1. The molecule has 1 fully saturated rings. The molecule has 2 rings (SSSR count). The van der Waals surface area contributed by atoms with Gasteiger partial charge in [-0.3, -0.25) is 14.9 Å². The molecule has 0 saturated carbocycles. The summed E-state index contributed by atoms with van der Waals surface area (Å²) in [4.78, 5) is 25.0. The van der Waals surface area contributed by atoms with E-state index < -0.39 is 19.4 Å². The predicted octanol–water partition coefficient (Wildman–Crippen LogP) is 4.19. The number of hydrogen-bond acceptors (Lipinski definition) is 3. The topological polar surface area (TPSA) is 55.4 Å². The van der Waals surface area contributed by atoms with E-state index in [1.54, 1.807) is 0 Å². The summed E-state index contributed by atoms with van der Waals surface area (Å²) in [5.41, 5.74) is 0.243. The van der Waals surface area contributed by atoms with Crippen LogP contribution in [0.2, 0.25) is 25.7 Å². The SMILES string of the molecule is C[C@H](c1ccc(Br)cc1)[C@@]1(C)C(=O)NC(=O)[C@@H]1COCC[Si](C)(C)C. The van der Waals surface area contributed by atoms with Crippen LogP contribution >= 0.6 is 15.9 Å². The Balaban J connectivity index is 2.15. The van der Waals surface area contributed by atoms with Crippen LogP contribution in [0.15, 0.2) is 28.7 Å². The molecule has 1 N–H and O–H groups in total. The number of amides is 2. The maximum atomic E-state index is 12.6. The fraction of sp³-hybridized carbons (Fsp3) is 0.579. The molecule has 1 aromatic rings. The average molecular weight is 426 g/mol. The van der Waals surface area contributed by atoms with Gasteiger partial charge in [0.05, 0.1) is 17.9 Å². The van der Waals surface area contributed by atoms with Crippen LogP contribution in [0.1, 0.15) is 25.3 Å². The number of nitrogens with one attached hydrogen (secondary N) is 1. The highest BCUT2D eigenvalue weighted by molar-refractivity contribution is 9.10. The summed E-state index contributed by atoms with van der Waals surface area (Å²) in [6.45, 7) is 11.7. The Kier molecular flexibility index (Phi) is 6.28. The van der Waals surface area contributed by atoms with Gasteiger partial charge < -0.3 is 4.74 Å². The smallest absolute Gasteiger partial charge is 0.234 e. The van der Waals surface area contributed by atoms with E-state index in [9.17, 15) is 9.59 Å². The summed E-state index contributed by atoms with van der Waals surface area (Å²) >= 11 is 3.43. The van der Waals surface area contributed by atoms with Crippen molar-refractivity contribution in [2.24, 2.45) is 11.3 Å². The third kappa shape index (κ3) is 4.60. The van der Waals surface area contributed by atoms with Crippen molar-refractivity contribution in [1.82, 2.24) is 5.32 Å². The lowest BCUT2D eigenvalue weighted by Gasteiger charge is -2.33. The molecular weight excluding hydrogens is 398 g/mol. The van der Waals surface area contributed by atoms with Gasteiger partial charge in [0.15, 0.2) is 0 Å². The Morgan fingerprint density at radius 3 is 2.40 bits per heavy atom. The van der Waals surface area contributed by atoms with Crippen molar-refractivity contribution >= 4 is 35.8 Å².